The second kappa shape index (κ2) is 17.7. The number of imidazole rings is 1. The van der Waals surface area contributed by atoms with Crippen molar-refractivity contribution in [3.05, 3.63) is 66.8 Å². The first kappa shape index (κ1) is 26.4. The number of allylic oxidation sites excluding steroid dienone is 1. The van der Waals surface area contributed by atoms with Gasteiger partial charge in [0.2, 0.25) is 0 Å². The minimum absolute atomic E-state index is 0.229. The van der Waals surface area contributed by atoms with Crippen molar-refractivity contribution >= 4 is 0 Å². The Hall–Kier alpha value is -1.83. The molecule has 32 heavy (non-hydrogen) atoms. The SMILES string of the molecule is C=CC(c1ccccc1)c1[nH]cc[n+]1CCCCCCCCCCCCCCCCCC. The number of rotatable bonds is 20. The Morgan fingerprint density at radius 3 is 1.75 bits per heavy atom. The number of benzene rings is 1. The van der Waals surface area contributed by atoms with Crippen LogP contribution in [0.25, 0.3) is 0 Å². The van der Waals surface area contributed by atoms with Gasteiger partial charge in [-0.25, -0.2) is 9.55 Å². The summed E-state index contributed by atoms with van der Waals surface area (Å²) >= 11 is 0. The van der Waals surface area contributed by atoms with E-state index in [1.54, 1.807) is 0 Å². The van der Waals surface area contributed by atoms with Crippen molar-refractivity contribution in [3.8, 4) is 0 Å². The molecular formula is C30H49N2+. The number of aryl methyl sites for hydroxylation is 1. The van der Waals surface area contributed by atoms with Crippen LogP contribution in [0.2, 0.25) is 0 Å². The van der Waals surface area contributed by atoms with E-state index in [4.69, 9.17) is 0 Å². The number of unbranched alkanes of at least 4 members (excludes halogenated alkanes) is 15. The number of H-pyrrole nitrogens is 1. The normalized spacial score (nSPS) is 12.2. The molecule has 1 aromatic heterocycles. The van der Waals surface area contributed by atoms with Gasteiger partial charge >= 0.3 is 0 Å². The number of nitrogens with zero attached hydrogens (tertiary/aromatic N) is 1. The Balaban J connectivity index is 1.47. The number of aromatic nitrogens is 2. The maximum absolute atomic E-state index is 4.08. The summed E-state index contributed by atoms with van der Waals surface area (Å²) in [6.07, 6.45) is 28.9. The summed E-state index contributed by atoms with van der Waals surface area (Å²) < 4.78 is 2.38. The molecule has 2 heteroatoms. The lowest BCUT2D eigenvalue weighted by molar-refractivity contribution is -0.703. The lowest BCUT2D eigenvalue weighted by Gasteiger charge is -2.10. The topological polar surface area (TPSA) is 19.7 Å². The first-order chi connectivity index (χ1) is 15.9. The van der Waals surface area contributed by atoms with Gasteiger partial charge in [0.1, 0.15) is 18.3 Å². The Kier molecular flexibility index (Phi) is 14.6. The molecule has 1 N–H and O–H groups in total. The Labute approximate surface area is 198 Å². The van der Waals surface area contributed by atoms with Crippen LogP contribution in [0.3, 0.4) is 0 Å². The van der Waals surface area contributed by atoms with Gasteiger partial charge in [-0.1, -0.05) is 133 Å². The predicted octanol–water partition coefficient (Wildman–Crippen LogP) is 8.88. The fourth-order valence-electron chi connectivity index (χ4n) is 4.74. The molecule has 0 aliphatic carbocycles. The van der Waals surface area contributed by atoms with Crippen LogP contribution in [0.5, 0.6) is 0 Å². The molecule has 0 bridgehead atoms. The maximum Gasteiger partial charge on any atom is 0.265 e. The molecule has 0 aliphatic heterocycles. The third-order valence-corrected chi connectivity index (χ3v) is 6.74. The van der Waals surface area contributed by atoms with Crippen molar-refractivity contribution in [2.45, 2.75) is 122 Å². The fourth-order valence-corrected chi connectivity index (χ4v) is 4.74. The van der Waals surface area contributed by atoms with Gasteiger partial charge in [0.25, 0.3) is 5.82 Å². The first-order valence-electron chi connectivity index (χ1n) is 13.6. The lowest BCUT2D eigenvalue weighted by atomic mass is 9.98. The highest BCUT2D eigenvalue weighted by atomic mass is 15.1. The van der Waals surface area contributed by atoms with E-state index in [0.29, 0.717) is 0 Å². The molecule has 1 heterocycles. The van der Waals surface area contributed by atoms with Crippen LogP contribution in [0.15, 0.2) is 55.4 Å². The van der Waals surface area contributed by atoms with Gasteiger partial charge in [0.15, 0.2) is 0 Å². The summed E-state index contributed by atoms with van der Waals surface area (Å²) in [5.41, 5.74) is 1.30. The zero-order valence-corrected chi connectivity index (χ0v) is 20.9. The van der Waals surface area contributed by atoms with Gasteiger partial charge in [-0.2, -0.15) is 0 Å². The summed E-state index contributed by atoms with van der Waals surface area (Å²) in [5.74, 6) is 1.47. The standard InChI is InChI=1S/C30H48N2/c1-3-5-6-7-8-9-10-11-12-13-14-15-16-17-18-22-26-32-27-25-31-30(32)29(4-2)28-23-20-19-21-24-28/h4,19-21,23-25,27,29H,2-3,5-18,22,26H2,1H3/p+1. The first-order valence-corrected chi connectivity index (χ1v) is 13.6. The van der Waals surface area contributed by atoms with Crippen LogP contribution in [0, 0.1) is 0 Å². The van der Waals surface area contributed by atoms with Gasteiger partial charge in [-0.3, -0.25) is 0 Å². The zero-order valence-electron chi connectivity index (χ0n) is 20.9. The highest BCUT2D eigenvalue weighted by Crippen LogP contribution is 2.22. The molecular weight excluding hydrogens is 388 g/mol. The Morgan fingerprint density at radius 1 is 0.750 bits per heavy atom. The fraction of sp³-hybridized carbons (Fsp3) is 0.633. The quantitative estimate of drug-likeness (QED) is 0.121. The van der Waals surface area contributed by atoms with Crippen molar-refractivity contribution in [1.29, 1.82) is 0 Å². The largest absolute Gasteiger partial charge is 0.265 e. The molecule has 0 spiro atoms. The lowest BCUT2D eigenvalue weighted by Crippen LogP contribution is -2.37. The summed E-state index contributed by atoms with van der Waals surface area (Å²) in [6.45, 7) is 7.47. The smallest absolute Gasteiger partial charge is 0.247 e. The van der Waals surface area contributed by atoms with Gasteiger partial charge in [-0.15, -0.1) is 6.58 Å². The van der Waals surface area contributed by atoms with Crippen molar-refractivity contribution in [3.63, 3.8) is 0 Å². The molecule has 0 radical (unpaired) electrons. The van der Waals surface area contributed by atoms with Crippen LogP contribution in [-0.4, -0.2) is 4.98 Å². The van der Waals surface area contributed by atoms with Crippen LogP contribution in [-0.2, 0) is 6.54 Å². The molecule has 0 aliphatic rings. The zero-order chi connectivity index (χ0) is 22.7. The molecule has 0 saturated heterocycles. The Bertz CT molecular complexity index is 688. The van der Waals surface area contributed by atoms with Crippen LogP contribution in [0.1, 0.15) is 127 Å². The molecule has 0 saturated carbocycles. The van der Waals surface area contributed by atoms with Crippen molar-refractivity contribution < 1.29 is 4.57 Å². The van der Waals surface area contributed by atoms with Gasteiger partial charge in [0, 0.05) is 0 Å². The summed E-state index contributed by atoms with van der Waals surface area (Å²) in [7, 11) is 0. The summed E-state index contributed by atoms with van der Waals surface area (Å²) in [5, 5.41) is 0. The minimum Gasteiger partial charge on any atom is -0.247 e. The molecule has 2 nitrogen and oxygen atoms in total. The predicted molar refractivity (Wildman–Crippen MR) is 139 cm³/mol. The highest BCUT2D eigenvalue weighted by Gasteiger charge is 2.21. The van der Waals surface area contributed by atoms with Crippen LogP contribution in [0.4, 0.5) is 0 Å². The third-order valence-electron chi connectivity index (χ3n) is 6.74. The molecule has 0 fully saturated rings. The van der Waals surface area contributed by atoms with Gasteiger partial charge < -0.3 is 0 Å². The molecule has 2 aromatic rings. The van der Waals surface area contributed by atoms with Crippen molar-refractivity contribution in [2.24, 2.45) is 0 Å². The third kappa shape index (κ3) is 10.7. The number of hydrogen-bond acceptors (Lipinski definition) is 0. The number of hydrogen-bond donors (Lipinski definition) is 1. The maximum atomic E-state index is 4.08. The summed E-state index contributed by atoms with van der Waals surface area (Å²) in [6, 6.07) is 10.7. The average Bonchev–Trinajstić information content (AvgIpc) is 3.28. The van der Waals surface area contributed by atoms with E-state index in [0.717, 1.165) is 6.54 Å². The number of aromatic amines is 1. The van der Waals surface area contributed by atoms with E-state index >= 15 is 0 Å². The Morgan fingerprint density at radius 2 is 1.25 bits per heavy atom. The molecule has 0 amide bonds. The van der Waals surface area contributed by atoms with Crippen LogP contribution < -0.4 is 4.57 Å². The second-order valence-electron chi connectivity index (χ2n) is 9.47. The van der Waals surface area contributed by atoms with Gasteiger partial charge in [-0.05, 0) is 18.4 Å². The van der Waals surface area contributed by atoms with Crippen molar-refractivity contribution in [2.75, 3.05) is 0 Å². The van der Waals surface area contributed by atoms with E-state index in [9.17, 15) is 0 Å². The van der Waals surface area contributed by atoms with Crippen molar-refractivity contribution in [1.82, 2.24) is 4.98 Å². The molecule has 1 atom stereocenters. The molecule has 178 valence electrons. The van der Waals surface area contributed by atoms with E-state index in [-0.39, 0.29) is 5.92 Å². The average molecular weight is 438 g/mol. The van der Waals surface area contributed by atoms with E-state index in [2.05, 4.69) is 65.8 Å². The highest BCUT2D eigenvalue weighted by molar-refractivity contribution is 5.28. The van der Waals surface area contributed by atoms with E-state index in [1.165, 1.54) is 114 Å². The van der Waals surface area contributed by atoms with E-state index < -0.39 is 0 Å². The monoisotopic (exact) mass is 437 g/mol. The summed E-state index contributed by atoms with van der Waals surface area (Å²) in [4.78, 5) is 3.45. The van der Waals surface area contributed by atoms with Gasteiger partial charge in [0.05, 0.1) is 6.54 Å². The molecule has 1 aromatic carbocycles. The van der Waals surface area contributed by atoms with E-state index in [1.807, 2.05) is 6.08 Å². The van der Waals surface area contributed by atoms with Crippen LogP contribution >= 0.6 is 0 Å². The molecule has 1 unspecified atom stereocenters. The minimum atomic E-state index is 0.229. The number of nitrogens with one attached hydrogen (secondary N) is 1. The second-order valence-corrected chi connectivity index (χ2v) is 9.47. The molecule has 2 rings (SSSR count).